The normalized spacial score (nSPS) is 10.1. The van der Waals surface area contributed by atoms with Crippen molar-refractivity contribution in [3.05, 3.63) is 4.88 Å². The van der Waals surface area contributed by atoms with E-state index in [1.165, 1.54) is 11.3 Å². The van der Waals surface area contributed by atoms with Crippen molar-refractivity contribution in [2.75, 3.05) is 17.6 Å². The third-order valence-electron chi connectivity index (χ3n) is 2.06. The van der Waals surface area contributed by atoms with Gasteiger partial charge < -0.3 is 16.4 Å². The molecule has 1 aromatic rings. The molecule has 6 heteroatoms. The van der Waals surface area contributed by atoms with Crippen LogP contribution in [0.5, 0.6) is 0 Å². The number of nitrogens with zero attached hydrogens (tertiary/aromatic N) is 1. The molecule has 0 unspecified atom stereocenters. The summed E-state index contributed by atoms with van der Waals surface area (Å²) in [5.74, 6) is 2.59. The fourth-order valence-corrected chi connectivity index (χ4v) is 2.22. The number of nitrogens with two attached hydrogens (primary N) is 1. The fraction of sp³-hybridized carbons (Fsp3) is 0.500. The topological polar surface area (TPSA) is 80.0 Å². The summed E-state index contributed by atoms with van der Waals surface area (Å²) in [4.78, 5) is 16.4. The van der Waals surface area contributed by atoms with Gasteiger partial charge in [-0.1, -0.05) is 11.3 Å². The molecule has 1 amide bonds. The molecule has 0 atom stereocenters. The van der Waals surface area contributed by atoms with E-state index in [1.807, 2.05) is 13.8 Å². The lowest BCUT2D eigenvalue weighted by molar-refractivity contribution is 0.0958. The van der Waals surface area contributed by atoms with E-state index in [9.17, 15) is 4.79 Å². The number of aromatic nitrogens is 1. The number of terminal acetylenes is 1. The number of nitrogens with one attached hydrogen (secondary N) is 2. The van der Waals surface area contributed by atoms with Crippen LogP contribution in [0.15, 0.2) is 0 Å². The lowest BCUT2D eigenvalue weighted by Crippen LogP contribution is -2.24. The van der Waals surface area contributed by atoms with Crippen molar-refractivity contribution >= 4 is 28.2 Å². The van der Waals surface area contributed by atoms with Crippen molar-refractivity contribution in [2.24, 2.45) is 0 Å². The third-order valence-corrected chi connectivity index (χ3v) is 3.06. The molecule has 0 aliphatic heterocycles. The Morgan fingerprint density at radius 1 is 1.61 bits per heavy atom. The van der Waals surface area contributed by atoms with E-state index in [-0.39, 0.29) is 17.8 Å². The standard InChI is InChI=1S/C12H18N4OS/c1-4-5-6-7-14-11(17)9-10(13)16-12(18-9)15-8(2)3/h1,8H,5-7,13H2,2-3H3,(H,14,17)(H,15,16). The Balaban J connectivity index is 2.57. The minimum atomic E-state index is -0.196. The first-order valence-corrected chi connectivity index (χ1v) is 6.60. The van der Waals surface area contributed by atoms with Crippen molar-refractivity contribution in [3.8, 4) is 12.3 Å². The minimum Gasteiger partial charge on any atom is -0.382 e. The highest BCUT2D eigenvalue weighted by Crippen LogP contribution is 2.25. The van der Waals surface area contributed by atoms with Gasteiger partial charge in [-0.3, -0.25) is 4.79 Å². The van der Waals surface area contributed by atoms with Crippen LogP contribution in [0.25, 0.3) is 0 Å². The Kier molecular flexibility index (Phi) is 5.46. The number of hydrogen-bond acceptors (Lipinski definition) is 5. The van der Waals surface area contributed by atoms with Crippen molar-refractivity contribution < 1.29 is 4.79 Å². The number of hydrogen-bond donors (Lipinski definition) is 3. The van der Waals surface area contributed by atoms with E-state index in [2.05, 4.69) is 21.5 Å². The van der Waals surface area contributed by atoms with Gasteiger partial charge in [-0.25, -0.2) is 4.98 Å². The highest BCUT2D eigenvalue weighted by atomic mass is 32.1. The summed E-state index contributed by atoms with van der Waals surface area (Å²) in [6.07, 6.45) is 6.54. The van der Waals surface area contributed by atoms with Crippen LogP contribution in [-0.4, -0.2) is 23.5 Å². The van der Waals surface area contributed by atoms with E-state index < -0.39 is 0 Å². The predicted molar refractivity (Wildman–Crippen MR) is 75.7 cm³/mol. The van der Waals surface area contributed by atoms with Crippen LogP contribution in [0.1, 0.15) is 36.4 Å². The number of amides is 1. The van der Waals surface area contributed by atoms with Gasteiger partial charge in [-0.15, -0.1) is 12.3 Å². The number of rotatable bonds is 6. The summed E-state index contributed by atoms with van der Waals surface area (Å²) < 4.78 is 0. The largest absolute Gasteiger partial charge is 0.382 e. The second-order valence-electron chi connectivity index (χ2n) is 4.10. The maximum Gasteiger partial charge on any atom is 0.265 e. The van der Waals surface area contributed by atoms with Gasteiger partial charge in [0.2, 0.25) is 0 Å². The number of nitrogen functional groups attached to an aromatic ring is 1. The van der Waals surface area contributed by atoms with Gasteiger partial charge in [0, 0.05) is 19.0 Å². The lowest BCUT2D eigenvalue weighted by atomic mass is 10.3. The monoisotopic (exact) mass is 266 g/mol. The van der Waals surface area contributed by atoms with Crippen LogP contribution in [0.3, 0.4) is 0 Å². The van der Waals surface area contributed by atoms with Gasteiger partial charge in [0.15, 0.2) is 5.13 Å². The van der Waals surface area contributed by atoms with Crippen LogP contribution in [0, 0.1) is 12.3 Å². The minimum absolute atomic E-state index is 0.196. The maximum absolute atomic E-state index is 11.8. The van der Waals surface area contributed by atoms with Gasteiger partial charge in [0.1, 0.15) is 10.7 Å². The molecule has 18 heavy (non-hydrogen) atoms. The Hall–Kier alpha value is -1.74. The van der Waals surface area contributed by atoms with Crippen LogP contribution in [-0.2, 0) is 0 Å². The summed E-state index contributed by atoms with van der Waals surface area (Å²) in [5, 5.41) is 6.55. The average molecular weight is 266 g/mol. The zero-order chi connectivity index (χ0) is 13.5. The predicted octanol–water partition coefficient (Wildman–Crippen LogP) is 1.69. The molecule has 4 N–H and O–H groups in total. The lowest BCUT2D eigenvalue weighted by Gasteiger charge is -2.04. The average Bonchev–Trinajstić information content (AvgIpc) is 2.64. The maximum atomic E-state index is 11.8. The van der Waals surface area contributed by atoms with Gasteiger partial charge in [0.05, 0.1) is 0 Å². The van der Waals surface area contributed by atoms with Gasteiger partial charge in [0.25, 0.3) is 5.91 Å². The van der Waals surface area contributed by atoms with Crippen molar-refractivity contribution in [1.29, 1.82) is 0 Å². The molecule has 0 saturated heterocycles. The zero-order valence-electron chi connectivity index (χ0n) is 10.6. The molecule has 0 aromatic carbocycles. The number of unbranched alkanes of at least 4 members (excludes halogenated alkanes) is 1. The Bertz CT molecular complexity index is 447. The summed E-state index contributed by atoms with van der Waals surface area (Å²) in [7, 11) is 0. The third kappa shape index (κ3) is 4.26. The molecule has 0 aliphatic carbocycles. The SMILES string of the molecule is C#CCCCNC(=O)c1sc(NC(C)C)nc1N. The summed E-state index contributed by atoms with van der Waals surface area (Å²) in [6, 6.07) is 0.252. The van der Waals surface area contributed by atoms with Crippen molar-refractivity contribution in [1.82, 2.24) is 10.3 Å². The van der Waals surface area contributed by atoms with E-state index in [4.69, 9.17) is 12.2 Å². The van der Waals surface area contributed by atoms with Gasteiger partial charge >= 0.3 is 0 Å². The van der Waals surface area contributed by atoms with Crippen LogP contribution >= 0.6 is 11.3 Å². The fourth-order valence-electron chi connectivity index (χ4n) is 1.28. The summed E-state index contributed by atoms with van der Waals surface area (Å²) in [6.45, 7) is 4.54. The molecular formula is C12H18N4OS. The molecule has 1 aromatic heterocycles. The second kappa shape index (κ2) is 6.87. The van der Waals surface area contributed by atoms with Gasteiger partial charge in [-0.2, -0.15) is 0 Å². The first kappa shape index (κ1) is 14.3. The molecule has 0 bridgehead atoms. The van der Waals surface area contributed by atoms with Crippen molar-refractivity contribution in [3.63, 3.8) is 0 Å². The first-order valence-electron chi connectivity index (χ1n) is 5.79. The summed E-state index contributed by atoms with van der Waals surface area (Å²) >= 11 is 1.26. The molecule has 1 rings (SSSR count). The highest BCUT2D eigenvalue weighted by molar-refractivity contribution is 7.18. The van der Waals surface area contributed by atoms with Gasteiger partial charge in [-0.05, 0) is 20.3 Å². The van der Waals surface area contributed by atoms with E-state index in [0.29, 0.717) is 23.0 Å². The quantitative estimate of drug-likeness (QED) is 0.540. The molecule has 0 fully saturated rings. The molecule has 0 spiro atoms. The molecule has 98 valence electrons. The number of carbonyl (C=O) groups excluding carboxylic acids is 1. The summed E-state index contributed by atoms with van der Waals surface area (Å²) in [5.41, 5.74) is 5.71. The zero-order valence-corrected chi connectivity index (χ0v) is 11.4. The van der Waals surface area contributed by atoms with Crippen LogP contribution in [0.2, 0.25) is 0 Å². The number of thiazole rings is 1. The molecule has 5 nitrogen and oxygen atoms in total. The molecule has 0 aliphatic rings. The van der Waals surface area contributed by atoms with E-state index in [1.54, 1.807) is 0 Å². The Labute approximate surface area is 111 Å². The smallest absolute Gasteiger partial charge is 0.265 e. The number of carbonyl (C=O) groups is 1. The molecule has 0 radical (unpaired) electrons. The Morgan fingerprint density at radius 2 is 2.33 bits per heavy atom. The second-order valence-corrected chi connectivity index (χ2v) is 5.10. The number of anilines is 2. The molecule has 1 heterocycles. The first-order chi connectivity index (χ1) is 8.54. The van der Waals surface area contributed by atoms with Crippen molar-refractivity contribution in [2.45, 2.75) is 32.7 Å². The highest BCUT2D eigenvalue weighted by Gasteiger charge is 2.15. The molecule has 0 saturated carbocycles. The Morgan fingerprint density at radius 3 is 2.94 bits per heavy atom. The molecular weight excluding hydrogens is 248 g/mol. The van der Waals surface area contributed by atoms with Crippen LogP contribution in [0.4, 0.5) is 10.9 Å². The van der Waals surface area contributed by atoms with E-state index in [0.717, 1.165) is 6.42 Å². The van der Waals surface area contributed by atoms with E-state index >= 15 is 0 Å². The van der Waals surface area contributed by atoms with Crippen LogP contribution < -0.4 is 16.4 Å².